The molecule has 3 nitrogen and oxygen atoms in total. The minimum atomic E-state index is 0.393. The minimum Gasteiger partial charge on any atom is -0.369 e. The molecule has 0 spiro atoms. The van der Waals surface area contributed by atoms with Gasteiger partial charge in [-0.3, -0.25) is 0 Å². The van der Waals surface area contributed by atoms with E-state index in [1.54, 1.807) is 6.07 Å². The molecule has 1 unspecified atom stereocenters. The molecule has 0 radical (unpaired) electrons. The average molecular weight is 232 g/mol. The highest BCUT2D eigenvalue weighted by molar-refractivity contribution is 6.33. The molecule has 0 saturated carbocycles. The van der Waals surface area contributed by atoms with E-state index in [0.29, 0.717) is 16.2 Å². The van der Waals surface area contributed by atoms with Gasteiger partial charge in [-0.25, -0.2) is 0 Å². The lowest BCUT2D eigenvalue weighted by Gasteiger charge is -2.18. The Balaban J connectivity index is 2.27. The molecule has 1 aliphatic rings. The summed E-state index contributed by atoms with van der Waals surface area (Å²) in [6.45, 7) is 4.26. The summed E-state index contributed by atoms with van der Waals surface area (Å²) in [7, 11) is 0. The number of hydrogen-bond donors (Lipinski definition) is 0. The van der Waals surface area contributed by atoms with Gasteiger partial charge in [0.2, 0.25) is 0 Å². The fourth-order valence-electron chi connectivity index (χ4n) is 1.72. The average Bonchev–Trinajstić information content (AvgIpc) is 2.56. The highest BCUT2D eigenvalue weighted by Gasteiger charge is 2.21. The maximum atomic E-state index is 5.95. The van der Waals surface area contributed by atoms with Crippen LogP contribution in [0.2, 0.25) is 10.3 Å². The van der Waals surface area contributed by atoms with E-state index in [4.69, 9.17) is 23.2 Å². The lowest BCUT2D eigenvalue weighted by Crippen LogP contribution is -2.19. The summed E-state index contributed by atoms with van der Waals surface area (Å²) in [5.41, 5.74) is 0.899. The third-order valence-electron chi connectivity index (χ3n) is 2.47. The molecule has 0 aliphatic carbocycles. The summed E-state index contributed by atoms with van der Waals surface area (Å²) in [5, 5.41) is 8.30. The lowest BCUT2D eigenvalue weighted by atomic mass is 10.2. The summed E-state index contributed by atoms with van der Waals surface area (Å²) >= 11 is 11.7. The first-order valence-electron chi connectivity index (χ1n) is 4.60. The molecule has 2 heterocycles. The van der Waals surface area contributed by atoms with E-state index in [0.717, 1.165) is 18.8 Å². The second kappa shape index (κ2) is 3.91. The van der Waals surface area contributed by atoms with Crippen molar-refractivity contribution in [1.82, 2.24) is 10.2 Å². The zero-order valence-electron chi connectivity index (χ0n) is 7.87. The second-order valence-corrected chi connectivity index (χ2v) is 4.43. The van der Waals surface area contributed by atoms with Crippen LogP contribution in [-0.2, 0) is 0 Å². The van der Waals surface area contributed by atoms with Crippen LogP contribution < -0.4 is 4.90 Å². The van der Waals surface area contributed by atoms with Crippen molar-refractivity contribution in [3.05, 3.63) is 16.4 Å². The standard InChI is InChI=1S/C9H11Cl2N3/c1-6-2-3-14(5-6)7-4-8(10)12-13-9(7)11/h4,6H,2-3,5H2,1H3. The first-order chi connectivity index (χ1) is 6.66. The highest BCUT2D eigenvalue weighted by Crippen LogP contribution is 2.29. The molecule has 0 amide bonds. The van der Waals surface area contributed by atoms with Gasteiger partial charge in [-0.1, -0.05) is 30.1 Å². The molecule has 1 aromatic rings. The van der Waals surface area contributed by atoms with Gasteiger partial charge < -0.3 is 4.90 Å². The highest BCUT2D eigenvalue weighted by atomic mass is 35.5. The van der Waals surface area contributed by atoms with Crippen LogP contribution in [0.25, 0.3) is 0 Å². The van der Waals surface area contributed by atoms with Crippen molar-refractivity contribution >= 4 is 28.9 Å². The van der Waals surface area contributed by atoms with Crippen LogP contribution in [0, 0.1) is 5.92 Å². The van der Waals surface area contributed by atoms with E-state index >= 15 is 0 Å². The predicted molar refractivity (Wildman–Crippen MR) is 58.0 cm³/mol. The fraction of sp³-hybridized carbons (Fsp3) is 0.556. The Bertz CT molecular complexity index is 343. The van der Waals surface area contributed by atoms with Crippen LogP contribution in [0.4, 0.5) is 5.69 Å². The monoisotopic (exact) mass is 231 g/mol. The van der Waals surface area contributed by atoms with E-state index < -0.39 is 0 Å². The van der Waals surface area contributed by atoms with Gasteiger partial charge in [0.15, 0.2) is 10.3 Å². The van der Waals surface area contributed by atoms with Gasteiger partial charge in [-0.15, -0.1) is 10.2 Å². The molecule has 5 heteroatoms. The molecule has 14 heavy (non-hydrogen) atoms. The van der Waals surface area contributed by atoms with Crippen molar-refractivity contribution in [2.24, 2.45) is 5.92 Å². The molecular formula is C9H11Cl2N3. The summed E-state index contributed by atoms with van der Waals surface area (Å²) in [6.07, 6.45) is 1.19. The molecule has 1 aliphatic heterocycles. The summed E-state index contributed by atoms with van der Waals surface area (Å²) < 4.78 is 0. The molecule has 1 saturated heterocycles. The summed E-state index contributed by atoms with van der Waals surface area (Å²) in [6, 6.07) is 1.77. The molecule has 0 N–H and O–H groups in total. The summed E-state index contributed by atoms with van der Waals surface area (Å²) in [5.74, 6) is 0.706. The fourth-order valence-corrected chi connectivity index (χ4v) is 2.07. The molecular weight excluding hydrogens is 221 g/mol. The largest absolute Gasteiger partial charge is 0.369 e. The third kappa shape index (κ3) is 1.93. The van der Waals surface area contributed by atoms with Crippen LogP contribution in [0.5, 0.6) is 0 Å². The quantitative estimate of drug-likeness (QED) is 0.745. The maximum absolute atomic E-state index is 5.95. The van der Waals surface area contributed by atoms with Crippen LogP contribution in [0.3, 0.4) is 0 Å². The molecule has 1 aromatic heterocycles. The van der Waals surface area contributed by atoms with Crippen molar-refractivity contribution in [2.45, 2.75) is 13.3 Å². The first-order valence-corrected chi connectivity index (χ1v) is 5.36. The number of aromatic nitrogens is 2. The number of halogens is 2. The van der Waals surface area contributed by atoms with Gasteiger partial charge in [-0.05, 0) is 12.3 Å². The predicted octanol–water partition coefficient (Wildman–Crippen LogP) is 2.63. The molecule has 2 rings (SSSR count). The van der Waals surface area contributed by atoms with Crippen molar-refractivity contribution < 1.29 is 0 Å². The Morgan fingerprint density at radius 3 is 2.86 bits per heavy atom. The van der Waals surface area contributed by atoms with Crippen LogP contribution in [-0.4, -0.2) is 23.3 Å². The third-order valence-corrected chi connectivity index (χ3v) is 2.92. The molecule has 1 fully saturated rings. The van der Waals surface area contributed by atoms with Crippen LogP contribution >= 0.6 is 23.2 Å². The normalized spacial score (nSPS) is 21.6. The van der Waals surface area contributed by atoms with Gasteiger partial charge in [0.1, 0.15) is 0 Å². The number of nitrogens with zero attached hydrogens (tertiary/aromatic N) is 3. The summed E-state index contributed by atoms with van der Waals surface area (Å²) in [4.78, 5) is 2.20. The number of anilines is 1. The molecule has 0 aromatic carbocycles. The van der Waals surface area contributed by atoms with Gasteiger partial charge >= 0.3 is 0 Å². The van der Waals surface area contributed by atoms with E-state index in [2.05, 4.69) is 22.0 Å². The first kappa shape index (κ1) is 9.99. The Labute approximate surface area is 93.0 Å². The zero-order valence-corrected chi connectivity index (χ0v) is 9.39. The van der Waals surface area contributed by atoms with Gasteiger partial charge in [-0.2, -0.15) is 0 Å². The van der Waals surface area contributed by atoms with Gasteiger partial charge in [0, 0.05) is 19.2 Å². The van der Waals surface area contributed by atoms with Gasteiger partial charge in [0.25, 0.3) is 0 Å². The minimum absolute atomic E-state index is 0.393. The van der Waals surface area contributed by atoms with E-state index in [1.807, 2.05) is 0 Å². The van der Waals surface area contributed by atoms with Crippen molar-refractivity contribution in [1.29, 1.82) is 0 Å². The molecule has 0 bridgehead atoms. The SMILES string of the molecule is CC1CCN(c2cc(Cl)nnc2Cl)C1. The Kier molecular flexibility index (Phi) is 2.79. The van der Waals surface area contributed by atoms with Gasteiger partial charge in [0.05, 0.1) is 5.69 Å². The lowest BCUT2D eigenvalue weighted by molar-refractivity contribution is 0.659. The number of rotatable bonds is 1. The van der Waals surface area contributed by atoms with Crippen LogP contribution in [0.1, 0.15) is 13.3 Å². The Hall–Kier alpha value is -0.540. The molecule has 76 valence electrons. The Morgan fingerprint density at radius 2 is 2.21 bits per heavy atom. The number of hydrogen-bond acceptors (Lipinski definition) is 3. The zero-order chi connectivity index (χ0) is 10.1. The van der Waals surface area contributed by atoms with E-state index in [-0.39, 0.29) is 0 Å². The van der Waals surface area contributed by atoms with Crippen molar-refractivity contribution in [3.8, 4) is 0 Å². The topological polar surface area (TPSA) is 29.0 Å². The van der Waals surface area contributed by atoms with E-state index in [1.165, 1.54) is 6.42 Å². The van der Waals surface area contributed by atoms with E-state index in [9.17, 15) is 0 Å². The van der Waals surface area contributed by atoms with Crippen molar-refractivity contribution in [3.63, 3.8) is 0 Å². The maximum Gasteiger partial charge on any atom is 0.175 e. The molecule has 1 atom stereocenters. The van der Waals surface area contributed by atoms with Crippen molar-refractivity contribution in [2.75, 3.05) is 18.0 Å². The second-order valence-electron chi connectivity index (χ2n) is 3.68. The smallest absolute Gasteiger partial charge is 0.175 e. The van der Waals surface area contributed by atoms with Crippen LogP contribution in [0.15, 0.2) is 6.07 Å². The Morgan fingerprint density at radius 1 is 1.43 bits per heavy atom.